The van der Waals surface area contributed by atoms with Crippen molar-refractivity contribution in [1.29, 1.82) is 0 Å². The van der Waals surface area contributed by atoms with E-state index in [9.17, 15) is 4.79 Å². The second-order valence-electron chi connectivity index (χ2n) is 2.76. The van der Waals surface area contributed by atoms with E-state index in [1.807, 2.05) is 0 Å². The number of aromatic carboxylic acids is 1. The maximum absolute atomic E-state index is 10.2. The van der Waals surface area contributed by atoms with Crippen LogP contribution in [0.4, 0.5) is 0 Å². The predicted molar refractivity (Wildman–Crippen MR) is 56.3 cm³/mol. The predicted octanol–water partition coefficient (Wildman–Crippen LogP) is 2.89. The van der Waals surface area contributed by atoms with Crippen LogP contribution in [0.1, 0.15) is 16.8 Å². The SMILES string of the molecule is C1=CCC=C1.O=C(O)c1ccccc1. The van der Waals surface area contributed by atoms with E-state index in [1.165, 1.54) is 0 Å². The molecule has 1 aliphatic carbocycles. The Morgan fingerprint density at radius 3 is 1.93 bits per heavy atom. The zero-order valence-corrected chi connectivity index (χ0v) is 7.76. The Bertz CT molecular complexity index is 327. The lowest BCUT2D eigenvalue weighted by molar-refractivity contribution is 0.0697. The lowest BCUT2D eigenvalue weighted by Crippen LogP contribution is -1.93. The van der Waals surface area contributed by atoms with E-state index < -0.39 is 5.97 Å². The molecule has 2 heteroatoms. The molecule has 0 unspecified atom stereocenters. The van der Waals surface area contributed by atoms with Crippen molar-refractivity contribution in [2.75, 3.05) is 0 Å². The number of hydrogen-bond donors (Lipinski definition) is 1. The van der Waals surface area contributed by atoms with Gasteiger partial charge in [-0.3, -0.25) is 0 Å². The molecular formula is C12H12O2. The maximum Gasteiger partial charge on any atom is 0.335 e. The Kier molecular flexibility index (Phi) is 4.21. The average molecular weight is 188 g/mol. The van der Waals surface area contributed by atoms with Gasteiger partial charge in [-0.1, -0.05) is 42.5 Å². The van der Waals surface area contributed by atoms with Gasteiger partial charge in [0.1, 0.15) is 0 Å². The molecule has 0 fully saturated rings. The van der Waals surface area contributed by atoms with E-state index in [1.54, 1.807) is 30.3 Å². The molecule has 14 heavy (non-hydrogen) atoms. The average Bonchev–Trinajstić information content (AvgIpc) is 2.77. The van der Waals surface area contributed by atoms with Gasteiger partial charge in [0, 0.05) is 0 Å². The Balaban J connectivity index is 0.000000165. The molecule has 0 spiro atoms. The number of carboxylic acids is 1. The van der Waals surface area contributed by atoms with Crippen LogP contribution in [-0.2, 0) is 0 Å². The normalized spacial score (nSPS) is 12.0. The Morgan fingerprint density at radius 1 is 1.07 bits per heavy atom. The van der Waals surface area contributed by atoms with Gasteiger partial charge in [-0.25, -0.2) is 4.79 Å². The third kappa shape index (κ3) is 3.72. The minimum Gasteiger partial charge on any atom is -0.478 e. The molecule has 0 atom stereocenters. The molecule has 0 saturated carbocycles. The minimum absolute atomic E-state index is 0.331. The van der Waals surface area contributed by atoms with Gasteiger partial charge in [-0.05, 0) is 18.6 Å². The van der Waals surface area contributed by atoms with Crippen LogP contribution in [0.2, 0.25) is 0 Å². The third-order valence-corrected chi connectivity index (χ3v) is 1.68. The molecule has 1 N–H and O–H groups in total. The summed E-state index contributed by atoms with van der Waals surface area (Å²) in [4.78, 5) is 10.2. The summed E-state index contributed by atoms with van der Waals surface area (Å²) < 4.78 is 0. The summed E-state index contributed by atoms with van der Waals surface area (Å²) in [5.74, 6) is -0.879. The molecule has 0 aliphatic heterocycles. The highest BCUT2D eigenvalue weighted by Gasteiger charge is 1.96. The molecule has 72 valence electrons. The first-order valence-corrected chi connectivity index (χ1v) is 4.40. The number of rotatable bonds is 1. The zero-order chi connectivity index (χ0) is 10.2. The number of carboxylic acid groups (broad SMARTS) is 1. The van der Waals surface area contributed by atoms with Gasteiger partial charge in [0.15, 0.2) is 0 Å². The lowest BCUT2D eigenvalue weighted by Gasteiger charge is -1.88. The van der Waals surface area contributed by atoms with E-state index in [-0.39, 0.29) is 0 Å². The molecule has 0 heterocycles. The topological polar surface area (TPSA) is 37.3 Å². The van der Waals surface area contributed by atoms with Gasteiger partial charge < -0.3 is 5.11 Å². The van der Waals surface area contributed by atoms with E-state index in [0.717, 1.165) is 6.42 Å². The Labute approximate surface area is 83.2 Å². The summed E-state index contributed by atoms with van der Waals surface area (Å²) in [6.45, 7) is 0. The monoisotopic (exact) mass is 188 g/mol. The molecule has 1 aromatic rings. The van der Waals surface area contributed by atoms with Gasteiger partial charge in [0.25, 0.3) is 0 Å². The van der Waals surface area contributed by atoms with Crippen LogP contribution in [-0.4, -0.2) is 11.1 Å². The second-order valence-corrected chi connectivity index (χ2v) is 2.76. The number of hydrogen-bond acceptors (Lipinski definition) is 1. The summed E-state index contributed by atoms with van der Waals surface area (Å²) >= 11 is 0. The highest BCUT2D eigenvalue weighted by Crippen LogP contribution is 1.96. The second kappa shape index (κ2) is 5.75. The quantitative estimate of drug-likeness (QED) is 0.735. The van der Waals surface area contributed by atoms with Crippen LogP contribution >= 0.6 is 0 Å². The first kappa shape index (κ1) is 10.3. The number of benzene rings is 1. The summed E-state index contributed by atoms with van der Waals surface area (Å²) in [7, 11) is 0. The molecular weight excluding hydrogens is 176 g/mol. The Hall–Kier alpha value is -1.83. The fourth-order valence-corrected chi connectivity index (χ4v) is 0.974. The van der Waals surface area contributed by atoms with E-state index in [4.69, 9.17) is 5.11 Å². The van der Waals surface area contributed by atoms with Crippen LogP contribution in [0, 0.1) is 0 Å². The molecule has 1 aromatic carbocycles. The van der Waals surface area contributed by atoms with Crippen molar-refractivity contribution in [2.45, 2.75) is 6.42 Å². The summed E-state index contributed by atoms with van der Waals surface area (Å²) in [6, 6.07) is 8.30. The smallest absolute Gasteiger partial charge is 0.335 e. The minimum atomic E-state index is -0.879. The molecule has 0 amide bonds. The maximum atomic E-state index is 10.2. The number of allylic oxidation sites excluding steroid dienone is 4. The molecule has 0 bridgehead atoms. The van der Waals surface area contributed by atoms with Crippen molar-refractivity contribution in [3.05, 3.63) is 60.2 Å². The fraction of sp³-hybridized carbons (Fsp3) is 0.0833. The van der Waals surface area contributed by atoms with Crippen molar-refractivity contribution in [3.63, 3.8) is 0 Å². The Morgan fingerprint density at radius 2 is 1.64 bits per heavy atom. The van der Waals surface area contributed by atoms with Gasteiger partial charge in [-0.15, -0.1) is 0 Å². The van der Waals surface area contributed by atoms with Gasteiger partial charge >= 0.3 is 5.97 Å². The van der Waals surface area contributed by atoms with E-state index >= 15 is 0 Å². The zero-order valence-electron chi connectivity index (χ0n) is 7.76. The third-order valence-electron chi connectivity index (χ3n) is 1.68. The summed E-state index contributed by atoms with van der Waals surface area (Å²) in [5.41, 5.74) is 0.331. The van der Waals surface area contributed by atoms with Gasteiger partial charge in [0.2, 0.25) is 0 Å². The molecule has 2 nitrogen and oxygen atoms in total. The van der Waals surface area contributed by atoms with Crippen LogP contribution in [0.15, 0.2) is 54.6 Å². The first-order chi connectivity index (χ1) is 6.80. The highest BCUT2D eigenvalue weighted by molar-refractivity contribution is 5.87. The van der Waals surface area contributed by atoms with E-state index in [2.05, 4.69) is 24.3 Å². The number of carbonyl (C=O) groups is 1. The molecule has 2 rings (SSSR count). The lowest BCUT2D eigenvalue weighted by atomic mass is 10.2. The van der Waals surface area contributed by atoms with Crippen molar-refractivity contribution < 1.29 is 9.90 Å². The summed E-state index contributed by atoms with van der Waals surface area (Å²) in [5, 5.41) is 8.38. The van der Waals surface area contributed by atoms with Crippen molar-refractivity contribution in [2.24, 2.45) is 0 Å². The van der Waals surface area contributed by atoms with Gasteiger partial charge in [0.05, 0.1) is 5.56 Å². The molecule has 0 aromatic heterocycles. The largest absolute Gasteiger partial charge is 0.478 e. The van der Waals surface area contributed by atoms with Crippen LogP contribution in [0.3, 0.4) is 0 Å². The fourth-order valence-electron chi connectivity index (χ4n) is 0.974. The highest BCUT2D eigenvalue weighted by atomic mass is 16.4. The van der Waals surface area contributed by atoms with Crippen LogP contribution in [0.5, 0.6) is 0 Å². The van der Waals surface area contributed by atoms with E-state index in [0.29, 0.717) is 5.56 Å². The van der Waals surface area contributed by atoms with Crippen LogP contribution < -0.4 is 0 Å². The van der Waals surface area contributed by atoms with Crippen molar-refractivity contribution in [1.82, 2.24) is 0 Å². The summed E-state index contributed by atoms with van der Waals surface area (Å²) in [6.07, 6.45) is 9.50. The molecule has 1 aliphatic rings. The van der Waals surface area contributed by atoms with Crippen molar-refractivity contribution >= 4 is 5.97 Å². The molecule has 0 radical (unpaired) electrons. The first-order valence-electron chi connectivity index (χ1n) is 4.40. The standard InChI is InChI=1S/C7H6O2.C5H6/c8-7(9)6-4-2-1-3-5-6;1-2-4-5-3-1/h1-5H,(H,8,9);1-4H,5H2. The van der Waals surface area contributed by atoms with Crippen molar-refractivity contribution in [3.8, 4) is 0 Å². The van der Waals surface area contributed by atoms with Crippen LogP contribution in [0.25, 0.3) is 0 Å². The van der Waals surface area contributed by atoms with Gasteiger partial charge in [-0.2, -0.15) is 0 Å². The molecule has 0 saturated heterocycles.